The lowest BCUT2D eigenvalue weighted by molar-refractivity contribution is -0.0931. The Labute approximate surface area is 108 Å². The standard InChI is InChI=1S/C13H23NO2S/c15-9-12-2-1-5-14(12)11-3-6-16-13(8-11)4-7-17-10-13/h11-12,15H,1-10H2/t11?,12-,13?/m0/s1. The molecule has 98 valence electrons. The van der Waals surface area contributed by atoms with Crippen LogP contribution in [0.4, 0.5) is 0 Å². The summed E-state index contributed by atoms with van der Waals surface area (Å²) >= 11 is 2.04. The molecule has 3 atom stereocenters. The van der Waals surface area contributed by atoms with Gasteiger partial charge in [-0.05, 0) is 44.4 Å². The highest BCUT2D eigenvalue weighted by Gasteiger charge is 2.43. The van der Waals surface area contributed by atoms with E-state index in [2.05, 4.69) is 4.90 Å². The van der Waals surface area contributed by atoms with Gasteiger partial charge < -0.3 is 9.84 Å². The second kappa shape index (κ2) is 5.08. The number of aliphatic hydroxyl groups is 1. The molecule has 1 N–H and O–H groups in total. The van der Waals surface area contributed by atoms with Gasteiger partial charge in [0.15, 0.2) is 0 Å². The molecule has 0 saturated carbocycles. The van der Waals surface area contributed by atoms with Gasteiger partial charge in [0.25, 0.3) is 0 Å². The smallest absolute Gasteiger partial charge is 0.0795 e. The molecule has 3 saturated heterocycles. The van der Waals surface area contributed by atoms with Crippen LogP contribution in [0, 0.1) is 0 Å². The maximum absolute atomic E-state index is 9.45. The first-order valence-corrected chi connectivity index (χ1v) is 8.07. The van der Waals surface area contributed by atoms with Gasteiger partial charge in [0.05, 0.1) is 12.2 Å². The van der Waals surface area contributed by atoms with Crippen molar-refractivity contribution >= 4 is 11.8 Å². The average molecular weight is 257 g/mol. The number of thioether (sulfide) groups is 1. The van der Waals surface area contributed by atoms with Gasteiger partial charge in [0.1, 0.15) is 0 Å². The fourth-order valence-corrected chi connectivity index (χ4v) is 5.06. The normalized spacial score (nSPS) is 43.6. The lowest BCUT2D eigenvalue weighted by Crippen LogP contribution is -2.50. The number of nitrogens with zero attached hydrogens (tertiary/aromatic N) is 1. The Balaban J connectivity index is 1.67. The third-order valence-electron chi connectivity index (χ3n) is 4.64. The van der Waals surface area contributed by atoms with E-state index in [0.717, 1.165) is 13.0 Å². The van der Waals surface area contributed by atoms with Gasteiger partial charge in [0.2, 0.25) is 0 Å². The molecule has 1 spiro atoms. The molecular weight excluding hydrogens is 234 g/mol. The van der Waals surface area contributed by atoms with Crippen molar-refractivity contribution < 1.29 is 9.84 Å². The van der Waals surface area contributed by atoms with Gasteiger partial charge in [-0.25, -0.2) is 0 Å². The molecule has 0 bridgehead atoms. The molecule has 0 radical (unpaired) electrons. The Kier molecular flexibility index (Phi) is 3.67. The summed E-state index contributed by atoms with van der Waals surface area (Å²) in [6.45, 7) is 2.43. The van der Waals surface area contributed by atoms with Crippen LogP contribution in [-0.2, 0) is 4.74 Å². The predicted octanol–water partition coefficient (Wildman–Crippen LogP) is 1.50. The first-order valence-electron chi connectivity index (χ1n) is 6.91. The number of hydrogen-bond donors (Lipinski definition) is 1. The van der Waals surface area contributed by atoms with Gasteiger partial charge in [-0.3, -0.25) is 4.90 Å². The summed E-state index contributed by atoms with van der Waals surface area (Å²) < 4.78 is 6.08. The van der Waals surface area contributed by atoms with E-state index in [0.29, 0.717) is 18.7 Å². The monoisotopic (exact) mass is 257 g/mol. The van der Waals surface area contributed by atoms with Crippen LogP contribution in [0.15, 0.2) is 0 Å². The summed E-state index contributed by atoms with van der Waals surface area (Å²) in [6, 6.07) is 1.08. The van der Waals surface area contributed by atoms with Gasteiger partial charge >= 0.3 is 0 Å². The molecule has 3 rings (SSSR count). The highest BCUT2D eigenvalue weighted by atomic mass is 32.2. The van der Waals surface area contributed by atoms with E-state index >= 15 is 0 Å². The van der Waals surface area contributed by atoms with E-state index < -0.39 is 0 Å². The molecule has 3 aliphatic heterocycles. The number of hydrogen-bond acceptors (Lipinski definition) is 4. The zero-order valence-electron chi connectivity index (χ0n) is 10.4. The van der Waals surface area contributed by atoms with Crippen LogP contribution >= 0.6 is 11.8 Å². The van der Waals surface area contributed by atoms with Crippen LogP contribution in [0.25, 0.3) is 0 Å². The average Bonchev–Trinajstić information content (AvgIpc) is 2.98. The minimum absolute atomic E-state index is 0.177. The topological polar surface area (TPSA) is 32.7 Å². The molecule has 3 heterocycles. The fraction of sp³-hybridized carbons (Fsp3) is 1.00. The third-order valence-corrected chi connectivity index (χ3v) is 5.86. The number of ether oxygens (including phenoxy) is 1. The van der Waals surface area contributed by atoms with E-state index in [1.807, 2.05) is 11.8 Å². The van der Waals surface area contributed by atoms with Crippen molar-refractivity contribution in [3.05, 3.63) is 0 Å². The van der Waals surface area contributed by atoms with Gasteiger partial charge in [-0.1, -0.05) is 0 Å². The van der Waals surface area contributed by atoms with Crippen LogP contribution in [-0.4, -0.2) is 59.0 Å². The largest absolute Gasteiger partial charge is 0.395 e. The molecule has 17 heavy (non-hydrogen) atoms. The van der Waals surface area contributed by atoms with Gasteiger partial charge in [-0.2, -0.15) is 11.8 Å². The third kappa shape index (κ3) is 2.37. The van der Waals surface area contributed by atoms with Crippen molar-refractivity contribution in [2.45, 2.75) is 49.8 Å². The molecule has 3 fully saturated rings. The molecule has 3 nitrogen and oxygen atoms in total. The predicted molar refractivity (Wildman–Crippen MR) is 70.5 cm³/mol. The molecule has 0 aromatic rings. The van der Waals surface area contributed by atoms with Crippen molar-refractivity contribution in [2.75, 3.05) is 31.3 Å². The summed E-state index contributed by atoms with van der Waals surface area (Å²) in [6.07, 6.45) is 6.01. The molecule has 2 unspecified atom stereocenters. The Hall–Kier alpha value is 0.230. The molecule has 0 aromatic carbocycles. The van der Waals surface area contributed by atoms with Crippen LogP contribution in [0.1, 0.15) is 32.1 Å². The Bertz CT molecular complexity index is 268. The van der Waals surface area contributed by atoms with Crippen LogP contribution in [0.3, 0.4) is 0 Å². The van der Waals surface area contributed by atoms with Crippen LogP contribution < -0.4 is 0 Å². The van der Waals surface area contributed by atoms with Gasteiger partial charge in [0, 0.05) is 24.4 Å². The number of aliphatic hydroxyl groups excluding tert-OH is 1. The molecule has 0 aromatic heterocycles. The van der Waals surface area contributed by atoms with Crippen molar-refractivity contribution in [3.63, 3.8) is 0 Å². The summed E-state index contributed by atoms with van der Waals surface area (Å²) in [4.78, 5) is 2.56. The zero-order chi connectivity index (χ0) is 11.7. The quantitative estimate of drug-likeness (QED) is 0.812. The maximum atomic E-state index is 9.45. The van der Waals surface area contributed by atoms with E-state index in [1.165, 1.54) is 43.7 Å². The molecular formula is C13H23NO2S. The molecule has 4 heteroatoms. The first kappa shape index (κ1) is 12.3. The zero-order valence-corrected chi connectivity index (χ0v) is 11.3. The SMILES string of the molecule is OC[C@@H]1CCCN1C1CCOC2(CCSC2)C1. The highest BCUT2D eigenvalue weighted by Crippen LogP contribution is 2.40. The molecule has 3 aliphatic rings. The second-order valence-electron chi connectivity index (χ2n) is 5.70. The van der Waals surface area contributed by atoms with E-state index in [1.54, 1.807) is 0 Å². The number of rotatable bonds is 2. The minimum atomic E-state index is 0.177. The lowest BCUT2D eigenvalue weighted by atomic mass is 9.89. The summed E-state index contributed by atoms with van der Waals surface area (Å²) in [5.74, 6) is 2.44. The van der Waals surface area contributed by atoms with Crippen molar-refractivity contribution in [1.29, 1.82) is 0 Å². The van der Waals surface area contributed by atoms with E-state index in [4.69, 9.17) is 4.74 Å². The highest BCUT2D eigenvalue weighted by molar-refractivity contribution is 7.99. The first-order chi connectivity index (χ1) is 8.33. The molecule has 0 amide bonds. The van der Waals surface area contributed by atoms with Crippen LogP contribution in [0.2, 0.25) is 0 Å². The summed E-state index contributed by atoms with van der Waals surface area (Å²) in [5.41, 5.74) is 0.177. The summed E-state index contributed by atoms with van der Waals surface area (Å²) in [7, 11) is 0. The Morgan fingerprint density at radius 3 is 3.12 bits per heavy atom. The van der Waals surface area contributed by atoms with Gasteiger partial charge in [-0.15, -0.1) is 0 Å². The fourth-order valence-electron chi connectivity index (χ4n) is 3.68. The maximum Gasteiger partial charge on any atom is 0.0795 e. The summed E-state index contributed by atoms with van der Waals surface area (Å²) in [5, 5.41) is 9.45. The van der Waals surface area contributed by atoms with Crippen LogP contribution in [0.5, 0.6) is 0 Å². The Morgan fingerprint density at radius 1 is 1.41 bits per heavy atom. The van der Waals surface area contributed by atoms with Crippen molar-refractivity contribution in [3.8, 4) is 0 Å². The number of likely N-dealkylation sites (tertiary alicyclic amines) is 1. The second-order valence-corrected chi connectivity index (χ2v) is 6.80. The minimum Gasteiger partial charge on any atom is -0.395 e. The lowest BCUT2D eigenvalue weighted by Gasteiger charge is -2.43. The van der Waals surface area contributed by atoms with E-state index in [9.17, 15) is 5.11 Å². The van der Waals surface area contributed by atoms with Crippen molar-refractivity contribution in [1.82, 2.24) is 4.90 Å². The Morgan fingerprint density at radius 2 is 2.35 bits per heavy atom. The molecule has 0 aliphatic carbocycles. The van der Waals surface area contributed by atoms with Crippen molar-refractivity contribution in [2.24, 2.45) is 0 Å². The van der Waals surface area contributed by atoms with E-state index in [-0.39, 0.29) is 5.60 Å².